The van der Waals surface area contributed by atoms with Crippen LogP contribution in [0.1, 0.15) is 19.8 Å². The Morgan fingerprint density at radius 3 is 2.78 bits per heavy atom. The van der Waals surface area contributed by atoms with Gasteiger partial charge in [-0.25, -0.2) is 0 Å². The van der Waals surface area contributed by atoms with Crippen molar-refractivity contribution < 1.29 is 9.84 Å². The Morgan fingerprint density at radius 1 is 1.56 bits per heavy atom. The second-order valence-electron chi connectivity index (χ2n) is 2.82. The van der Waals surface area contributed by atoms with E-state index in [-0.39, 0.29) is 12.7 Å². The lowest BCUT2D eigenvalue weighted by Crippen LogP contribution is -2.26. The number of hydrogen-bond acceptors (Lipinski definition) is 2. The number of aliphatic hydroxyl groups is 1. The molecule has 1 heterocycles. The first-order valence-corrected chi connectivity index (χ1v) is 3.55. The van der Waals surface area contributed by atoms with Gasteiger partial charge in [-0.15, -0.1) is 0 Å². The first-order chi connectivity index (χ1) is 4.33. The van der Waals surface area contributed by atoms with E-state index in [0.29, 0.717) is 5.92 Å². The smallest absolute Gasteiger partial charge is 0.0806 e. The maximum absolute atomic E-state index is 8.65. The maximum Gasteiger partial charge on any atom is 0.0806 e. The highest BCUT2D eigenvalue weighted by Crippen LogP contribution is 2.17. The van der Waals surface area contributed by atoms with Gasteiger partial charge in [-0.05, 0) is 18.8 Å². The van der Waals surface area contributed by atoms with Crippen LogP contribution in [0.15, 0.2) is 0 Å². The highest BCUT2D eigenvalue weighted by Gasteiger charge is 2.16. The van der Waals surface area contributed by atoms with Crippen LogP contribution < -0.4 is 0 Å². The highest BCUT2D eigenvalue weighted by molar-refractivity contribution is 4.65. The summed E-state index contributed by atoms with van der Waals surface area (Å²) in [5.74, 6) is 0.688. The van der Waals surface area contributed by atoms with E-state index in [0.717, 1.165) is 13.0 Å². The minimum atomic E-state index is 0.126. The van der Waals surface area contributed by atoms with E-state index in [2.05, 4.69) is 6.92 Å². The van der Waals surface area contributed by atoms with Crippen LogP contribution in [-0.2, 0) is 4.74 Å². The van der Waals surface area contributed by atoms with E-state index < -0.39 is 0 Å². The van der Waals surface area contributed by atoms with E-state index in [1.165, 1.54) is 6.42 Å². The molecule has 54 valence electrons. The van der Waals surface area contributed by atoms with Gasteiger partial charge < -0.3 is 9.84 Å². The number of aliphatic hydroxyl groups excluding tert-OH is 1. The van der Waals surface area contributed by atoms with E-state index in [4.69, 9.17) is 9.84 Å². The second kappa shape index (κ2) is 3.18. The lowest BCUT2D eigenvalue weighted by Gasteiger charge is -2.24. The monoisotopic (exact) mass is 130 g/mol. The molecule has 2 nitrogen and oxygen atoms in total. The quantitative estimate of drug-likeness (QED) is 0.568. The molecule has 9 heavy (non-hydrogen) atoms. The predicted octanol–water partition coefficient (Wildman–Crippen LogP) is 0.794. The third kappa shape index (κ3) is 1.95. The van der Waals surface area contributed by atoms with Gasteiger partial charge in [-0.3, -0.25) is 0 Å². The van der Waals surface area contributed by atoms with Crippen molar-refractivity contribution in [3.05, 3.63) is 0 Å². The molecule has 0 spiro atoms. The molecule has 0 aromatic carbocycles. The fourth-order valence-corrected chi connectivity index (χ4v) is 1.08. The van der Waals surface area contributed by atoms with Crippen LogP contribution in [0.5, 0.6) is 0 Å². The van der Waals surface area contributed by atoms with Gasteiger partial charge in [0.1, 0.15) is 0 Å². The third-order valence-corrected chi connectivity index (χ3v) is 1.80. The maximum atomic E-state index is 8.65. The van der Waals surface area contributed by atoms with Crippen LogP contribution in [0.4, 0.5) is 0 Å². The average Bonchev–Trinajstić information content (AvgIpc) is 1.90. The molecule has 2 heteroatoms. The van der Waals surface area contributed by atoms with Gasteiger partial charge in [0.2, 0.25) is 0 Å². The number of hydrogen-bond donors (Lipinski definition) is 1. The van der Waals surface area contributed by atoms with Crippen molar-refractivity contribution >= 4 is 0 Å². The summed E-state index contributed by atoms with van der Waals surface area (Å²) >= 11 is 0. The molecule has 0 aliphatic carbocycles. The summed E-state index contributed by atoms with van der Waals surface area (Å²) in [5.41, 5.74) is 0. The summed E-state index contributed by atoms with van der Waals surface area (Å²) < 4.78 is 5.29. The molecule has 1 fully saturated rings. The van der Waals surface area contributed by atoms with Crippen molar-refractivity contribution in [2.45, 2.75) is 25.9 Å². The zero-order valence-corrected chi connectivity index (χ0v) is 5.84. The van der Waals surface area contributed by atoms with Crippen molar-refractivity contribution in [1.82, 2.24) is 0 Å². The Balaban J connectivity index is 2.18. The minimum absolute atomic E-state index is 0.126. The third-order valence-electron chi connectivity index (χ3n) is 1.80. The molecule has 0 amide bonds. The zero-order valence-electron chi connectivity index (χ0n) is 5.84. The van der Waals surface area contributed by atoms with Crippen molar-refractivity contribution in [2.75, 3.05) is 13.2 Å². The molecule has 2 atom stereocenters. The lowest BCUT2D eigenvalue weighted by atomic mass is 10.0. The molecule has 1 N–H and O–H groups in total. The van der Waals surface area contributed by atoms with Crippen LogP contribution in [0.25, 0.3) is 0 Å². The molecule has 0 aromatic heterocycles. The summed E-state index contributed by atoms with van der Waals surface area (Å²) in [6.07, 6.45) is 2.35. The molecule has 1 aliphatic rings. The fraction of sp³-hybridized carbons (Fsp3) is 1.00. The van der Waals surface area contributed by atoms with E-state index in [1.807, 2.05) is 0 Å². The van der Waals surface area contributed by atoms with E-state index >= 15 is 0 Å². The largest absolute Gasteiger partial charge is 0.394 e. The first kappa shape index (κ1) is 7.03. The van der Waals surface area contributed by atoms with Gasteiger partial charge in [-0.2, -0.15) is 0 Å². The van der Waals surface area contributed by atoms with Crippen LogP contribution in [-0.4, -0.2) is 24.4 Å². The first-order valence-electron chi connectivity index (χ1n) is 3.55. The van der Waals surface area contributed by atoms with Gasteiger partial charge in [0.05, 0.1) is 12.7 Å². The van der Waals surface area contributed by atoms with Crippen LogP contribution in [0.3, 0.4) is 0 Å². The minimum Gasteiger partial charge on any atom is -0.394 e. The normalized spacial score (nSPS) is 36.7. The summed E-state index contributed by atoms with van der Waals surface area (Å²) in [7, 11) is 0. The second-order valence-corrected chi connectivity index (χ2v) is 2.82. The molecular weight excluding hydrogens is 116 g/mol. The van der Waals surface area contributed by atoms with Crippen molar-refractivity contribution in [3.8, 4) is 0 Å². The molecule has 0 unspecified atom stereocenters. The summed E-state index contributed by atoms with van der Waals surface area (Å²) in [4.78, 5) is 0. The standard InChI is InChI=1S/C7H14O2/c1-6-2-3-7(4-8)9-5-6/h6-8H,2-5H2,1H3/t6-,7+/m0/s1. The van der Waals surface area contributed by atoms with Crippen molar-refractivity contribution in [2.24, 2.45) is 5.92 Å². The van der Waals surface area contributed by atoms with Gasteiger partial charge >= 0.3 is 0 Å². The fourth-order valence-electron chi connectivity index (χ4n) is 1.08. The Hall–Kier alpha value is -0.0800. The Bertz CT molecular complexity index is 75.0. The van der Waals surface area contributed by atoms with Gasteiger partial charge in [-0.1, -0.05) is 6.92 Å². The lowest BCUT2D eigenvalue weighted by molar-refractivity contribution is -0.0386. The van der Waals surface area contributed by atoms with Crippen LogP contribution in [0.2, 0.25) is 0 Å². The number of rotatable bonds is 1. The van der Waals surface area contributed by atoms with Gasteiger partial charge in [0.25, 0.3) is 0 Å². The van der Waals surface area contributed by atoms with Crippen molar-refractivity contribution in [1.29, 1.82) is 0 Å². The molecule has 1 rings (SSSR count). The van der Waals surface area contributed by atoms with E-state index in [9.17, 15) is 0 Å². The Morgan fingerprint density at radius 2 is 2.33 bits per heavy atom. The van der Waals surface area contributed by atoms with Crippen molar-refractivity contribution in [3.63, 3.8) is 0 Å². The highest BCUT2D eigenvalue weighted by atomic mass is 16.5. The van der Waals surface area contributed by atoms with Gasteiger partial charge in [0, 0.05) is 6.61 Å². The molecule has 0 bridgehead atoms. The van der Waals surface area contributed by atoms with E-state index in [1.54, 1.807) is 0 Å². The SMILES string of the molecule is C[C@H]1CC[C@H](CO)OC1. The Labute approximate surface area is 55.8 Å². The topological polar surface area (TPSA) is 29.5 Å². The predicted molar refractivity (Wildman–Crippen MR) is 35.2 cm³/mol. The summed E-state index contributed by atoms with van der Waals surface area (Å²) in [6.45, 7) is 3.19. The van der Waals surface area contributed by atoms with Crippen LogP contribution >= 0.6 is 0 Å². The van der Waals surface area contributed by atoms with Crippen LogP contribution in [0, 0.1) is 5.92 Å². The Kier molecular flexibility index (Phi) is 2.49. The van der Waals surface area contributed by atoms with Gasteiger partial charge in [0.15, 0.2) is 0 Å². The molecule has 0 radical (unpaired) electrons. The summed E-state index contributed by atoms with van der Waals surface area (Å²) in [6, 6.07) is 0. The molecule has 0 aromatic rings. The summed E-state index contributed by atoms with van der Waals surface area (Å²) in [5, 5.41) is 8.65. The zero-order chi connectivity index (χ0) is 6.69. The molecule has 0 saturated carbocycles. The molecular formula is C7H14O2. The number of ether oxygens (including phenoxy) is 1. The average molecular weight is 130 g/mol. The molecule has 1 aliphatic heterocycles. The molecule has 1 saturated heterocycles.